The van der Waals surface area contributed by atoms with Crippen molar-refractivity contribution in [1.82, 2.24) is 4.98 Å². The van der Waals surface area contributed by atoms with Gasteiger partial charge in [-0.15, -0.1) is 0 Å². The van der Waals surface area contributed by atoms with Crippen LogP contribution in [-0.4, -0.2) is 4.98 Å². The molecule has 0 radical (unpaired) electrons. The van der Waals surface area contributed by atoms with Crippen LogP contribution in [0.2, 0.25) is 5.02 Å². The summed E-state index contributed by atoms with van der Waals surface area (Å²) in [5.74, 6) is 1.17. The first kappa shape index (κ1) is 13.4. The number of benzene rings is 1. The van der Waals surface area contributed by atoms with Crippen molar-refractivity contribution in [1.29, 1.82) is 0 Å². The highest BCUT2D eigenvalue weighted by Crippen LogP contribution is 2.27. The maximum atomic E-state index is 6.13. The maximum Gasteiger partial charge on any atom is 0.149 e. The van der Waals surface area contributed by atoms with Crippen LogP contribution in [0.1, 0.15) is 25.3 Å². The lowest BCUT2D eigenvalue weighted by Crippen LogP contribution is -1.96. The minimum atomic E-state index is 0.500. The van der Waals surface area contributed by atoms with Crippen LogP contribution in [0.25, 0.3) is 0 Å². The molecule has 0 atom stereocenters. The molecule has 0 saturated heterocycles. The predicted molar refractivity (Wildman–Crippen MR) is 80.8 cm³/mol. The molecule has 1 aromatic heterocycles. The average molecular weight is 326 g/mol. The molecule has 1 aromatic carbocycles. The van der Waals surface area contributed by atoms with E-state index in [1.54, 1.807) is 6.20 Å². The molecular weight excluding hydrogens is 312 g/mol. The van der Waals surface area contributed by atoms with Crippen molar-refractivity contribution in [3.63, 3.8) is 0 Å². The Hall–Kier alpha value is -1.06. The molecule has 0 unspecified atom stereocenters. The molecule has 4 heteroatoms. The Morgan fingerprint density at radius 2 is 2.06 bits per heavy atom. The standard InChI is InChI=1S/C14H14BrClN2/c1-9(2)10-4-3-5-12(6-10)18-14-13(16)7-11(15)8-17-14/h3-9H,1-2H3,(H,17,18). The third kappa shape index (κ3) is 3.24. The van der Waals surface area contributed by atoms with E-state index in [0.717, 1.165) is 10.2 Å². The second-order valence-corrected chi connectivity index (χ2v) is 5.71. The van der Waals surface area contributed by atoms with Gasteiger partial charge in [-0.3, -0.25) is 0 Å². The Kier molecular flexibility index (Phi) is 4.25. The summed E-state index contributed by atoms with van der Waals surface area (Å²) in [6.45, 7) is 4.34. The summed E-state index contributed by atoms with van der Waals surface area (Å²) in [5, 5.41) is 3.83. The highest BCUT2D eigenvalue weighted by molar-refractivity contribution is 9.10. The molecule has 2 nitrogen and oxygen atoms in total. The molecule has 0 aliphatic carbocycles. The minimum absolute atomic E-state index is 0.500. The zero-order chi connectivity index (χ0) is 13.1. The van der Waals surface area contributed by atoms with Crippen LogP contribution < -0.4 is 5.32 Å². The van der Waals surface area contributed by atoms with Crippen LogP contribution in [-0.2, 0) is 0 Å². The minimum Gasteiger partial charge on any atom is -0.339 e. The first-order valence-electron chi connectivity index (χ1n) is 5.74. The van der Waals surface area contributed by atoms with Gasteiger partial charge in [-0.25, -0.2) is 4.98 Å². The normalized spacial score (nSPS) is 10.7. The monoisotopic (exact) mass is 324 g/mol. The van der Waals surface area contributed by atoms with Gasteiger partial charge >= 0.3 is 0 Å². The zero-order valence-electron chi connectivity index (χ0n) is 10.2. The smallest absolute Gasteiger partial charge is 0.149 e. The van der Waals surface area contributed by atoms with Crippen molar-refractivity contribution in [3.8, 4) is 0 Å². The molecule has 0 aliphatic rings. The van der Waals surface area contributed by atoms with E-state index in [-0.39, 0.29) is 0 Å². The van der Waals surface area contributed by atoms with Gasteiger partial charge in [0.25, 0.3) is 0 Å². The molecule has 18 heavy (non-hydrogen) atoms. The van der Waals surface area contributed by atoms with E-state index in [1.165, 1.54) is 5.56 Å². The van der Waals surface area contributed by atoms with E-state index in [9.17, 15) is 0 Å². The summed E-state index contributed by atoms with van der Waals surface area (Å²) in [5.41, 5.74) is 2.28. The first-order chi connectivity index (χ1) is 8.56. The molecule has 2 rings (SSSR count). The number of aromatic nitrogens is 1. The lowest BCUT2D eigenvalue weighted by Gasteiger charge is -2.11. The third-order valence-electron chi connectivity index (χ3n) is 2.62. The number of nitrogens with zero attached hydrogens (tertiary/aromatic N) is 1. The van der Waals surface area contributed by atoms with Gasteiger partial charge in [0.2, 0.25) is 0 Å². The maximum absolute atomic E-state index is 6.13. The van der Waals surface area contributed by atoms with E-state index in [4.69, 9.17) is 11.6 Å². The Labute approximate surface area is 121 Å². The number of halogens is 2. The van der Waals surface area contributed by atoms with Gasteiger partial charge in [-0.2, -0.15) is 0 Å². The van der Waals surface area contributed by atoms with Crippen LogP contribution in [0.5, 0.6) is 0 Å². The fourth-order valence-corrected chi connectivity index (χ4v) is 2.30. The van der Waals surface area contributed by atoms with Crippen molar-refractivity contribution < 1.29 is 0 Å². The van der Waals surface area contributed by atoms with Gasteiger partial charge in [0.15, 0.2) is 0 Å². The van der Waals surface area contributed by atoms with Crippen LogP contribution in [0.3, 0.4) is 0 Å². The van der Waals surface area contributed by atoms with Crippen molar-refractivity contribution in [2.24, 2.45) is 0 Å². The third-order valence-corrected chi connectivity index (χ3v) is 3.35. The van der Waals surface area contributed by atoms with Crippen LogP contribution in [0, 0.1) is 0 Å². The Morgan fingerprint density at radius 3 is 2.72 bits per heavy atom. The SMILES string of the molecule is CC(C)c1cccc(Nc2ncc(Br)cc2Cl)c1. The molecule has 94 valence electrons. The second kappa shape index (κ2) is 5.72. The average Bonchev–Trinajstić information content (AvgIpc) is 2.33. The van der Waals surface area contributed by atoms with Crippen molar-refractivity contribution in [2.45, 2.75) is 19.8 Å². The van der Waals surface area contributed by atoms with Crippen molar-refractivity contribution in [3.05, 3.63) is 51.6 Å². The molecule has 1 N–H and O–H groups in total. The first-order valence-corrected chi connectivity index (χ1v) is 6.91. The summed E-state index contributed by atoms with van der Waals surface area (Å²) in [6, 6.07) is 10.1. The lowest BCUT2D eigenvalue weighted by atomic mass is 10.0. The van der Waals surface area contributed by atoms with Gasteiger partial charge < -0.3 is 5.32 Å². The van der Waals surface area contributed by atoms with Crippen LogP contribution in [0.4, 0.5) is 11.5 Å². The molecule has 0 amide bonds. The van der Waals surface area contributed by atoms with Crippen molar-refractivity contribution in [2.75, 3.05) is 5.32 Å². The summed E-state index contributed by atoms with van der Waals surface area (Å²) in [6.07, 6.45) is 1.72. The van der Waals surface area contributed by atoms with E-state index in [1.807, 2.05) is 18.2 Å². The van der Waals surface area contributed by atoms with Gasteiger partial charge in [0.05, 0.1) is 5.02 Å². The number of nitrogens with one attached hydrogen (secondary N) is 1. The van der Waals surface area contributed by atoms with Crippen LogP contribution in [0.15, 0.2) is 41.0 Å². The molecule has 0 fully saturated rings. The van der Waals surface area contributed by atoms with Gasteiger partial charge in [-0.1, -0.05) is 37.6 Å². The zero-order valence-corrected chi connectivity index (χ0v) is 12.6. The van der Waals surface area contributed by atoms with E-state index >= 15 is 0 Å². The van der Waals surface area contributed by atoms with Gasteiger partial charge in [0, 0.05) is 16.4 Å². The van der Waals surface area contributed by atoms with Gasteiger partial charge in [0.1, 0.15) is 5.82 Å². The Bertz CT molecular complexity index is 555. The van der Waals surface area contributed by atoms with Crippen molar-refractivity contribution >= 4 is 39.0 Å². The fraction of sp³-hybridized carbons (Fsp3) is 0.214. The summed E-state index contributed by atoms with van der Waals surface area (Å²) in [4.78, 5) is 4.26. The molecule has 0 saturated carbocycles. The largest absolute Gasteiger partial charge is 0.339 e. The lowest BCUT2D eigenvalue weighted by molar-refractivity contribution is 0.867. The van der Waals surface area contributed by atoms with Gasteiger partial charge in [-0.05, 0) is 45.6 Å². The summed E-state index contributed by atoms with van der Waals surface area (Å²) in [7, 11) is 0. The predicted octanol–water partition coefficient (Wildman–Crippen LogP) is 5.36. The number of anilines is 2. The Morgan fingerprint density at radius 1 is 1.28 bits per heavy atom. The molecule has 0 aliphatic heterocycles. The van der Waals surface area contributed by atoms with Crippen LogP contribution >= 0.6 is 27.5 Å². The highest BCUT2D eigenvalue weighted by atomic mass is 79.9. The molecular formula is C14H14BrClN2. The number of rotatable bonds is 3. The number of pyridine rings is 1. The number of hydrogen-bond acceptors (Lipinski definition) is 2. The quantitative estimate of drug-likeness (QED) is 0.821. The van der Waals surface area contributed by atoms with E-state index in [2.05, 4.69) is 52.2 Å². The van der Waals surface area contributed by atoms with E-state index in [0.29, 0.717) is 16.8 Å². The fourth-order valence-electron chi connectivity index (χ4n) is 1.62. The second-order valence-electron chi connectivity index (χ2n) is 4.39. The number of hydrogen-bond donors (Lipinski definition) is 1. The Balaban J connectivity index is 2.25. The molecule has 0 spiro atoms. The summed E-state index contributed by atoms with van der Waals surface area (Å²) < 4.78 is 0.869. The highest BCUT2D eigenvalue weighted by Gasteiger charge is 2.05. The summed E-state index contributed by atoms with van der Waals surface area (Å²) >= 11 is 9.46. The van der Waals surface area contributed by atoms with E-state index < -0.39 is 0 Å². The molecule has 1 heterocycles. The molecule has 2 aromatic rings. The molecule has 0 bridgehead atoms. The topological polar surface area (TPSA) is 24.9 Å².